The molecule has 0 aliphatic heterocycles. The molecule has 2 unspecified atom stereocenters. The first-order valence-corrected chi connectivity index (χ1v) is 23.2. The van der Waals surface area contributed by atoms with Crippen molar-refractivity contribution in [3.8, 4) is 0 Å². The number of unbranched alkanes of at least 4 members (excludes halogenated alkanes) is 26. The Bertz CT molecular complexity index is 871. The highest BCUT2D eigenvalue weighted by molar-refractivity contribution is 7.47. The number of phosphoric ester groups is 1. The molecule has 0 aromatic rings. The lowest BCUT2D eigenvalue weighted by atomic mass is 10.0. The van der Waals surface area contributed by atoms with Gasteiger partial charge in [0.15, 0.2) is 0 Å². The number of amides is 1. The number of rotatable bonds is 41. The fourth-order valence-electron chi connectivity index (χ4n) is 6.14. The highest BCUT2D eigenvalue weighted by Crippen LogP contribution is 2.42. The molecule has 0 spiro atoms. The second-order valence-electron chi connectivity index (χ2n) is 14.7. The number of carbonyl (C=O) groups is 2. The first-order chi connectivity index (χ1) is 25.3. The van der Waals surface area contributed by atoms with E-state index in [0.29, 0.717) is 6.42 Å². The van der Waals surface area contributed by atoms with E-state index in [-0.39, 0.29) is 32.1 Å². The summed E-state index contributed by atoms with van der Waals surface area (Å²) in [6.07, 6.45) is 39.9. The number of phosphoric acid groups is 1. The van der Waals surface area contributed by atoms with Gasteiger partial charge in [0.2, 0.25) is 5.91 Å². The third-order valence-corrected chi connectivity index (χ3v) is 10.4. The van der Waals surface area contributed by atoms with E-state index in [1.165, 1.54) is 128 Å². The van der Waals surface area contributed by atoms with Crippen molar-refractivity contribution in [2.24, 2.45) is 0 Å². The van der Waals surface area contributed by atoms with Crippen LogP contribution < -0.4 is 5.32 Å². The monoisotopic (exact) mass is 760 g/mol. The van der Waals surface area contributed by atoms with Crippen molar-refractivity contribution >= 4 is 19.7 Å². The van der Waals surface area contributed by atoms with Gasteiger partial charge in [-0.15, -0.1) is 0 Å². The lowest BCUT2D eigenvalue weighted by molar-refractivity contribution is -0.147. The number of carbonyl (C=O) groups excluding carboxylic acids is 2. The maximum absolute atomic E-state index is 12.1. The van der Waals surface area contributed by atoms with E-state index in [2.05, 4.69) is 31.3 Å². The number of esters is 1. The van der Waals surface area contributed by atoms with Crippen molar-refractivity contribution in [1.82, 2.24) is 5.32 Å². The van der Waals surface area contributed by atoms with Crippen LogP contribution >= 0.6 is 7.82 Å². The highest BCUT2D eigenvalue weighted by atomic mass is 31.2. The molecule has 0 aliphatic rings. The average molecular weight is 760 g/mol. The molecule has 1 amide bonds. The molecule has 2 atom stereocenters. The molecule has 52 heavy (non-hydrogen) atoms. The van der Waals surface area contributed by atoms with Gasteiger partial charge in [-0.05, 0) is 38.5 Å². The van der Waals surface area contributed by atoms with Crippen LogP contribution in [-0.2, 0) is 27.9 Å². The van der Waals surface area contributed by atoms with E-state index in [0.717, 1.165) is 57.8 Å². The Labute approximate surface area is 319 Å². The number of aliphatic hydroxyl groups excluding tert-OH is 1. The quantitative estimate of drug-likeness (QED) is 0.0243. The van der Waals surface area contributed by atoms with Crippen molar-refractivity contribution in [1.29, 1.82) is 0 Å². The SMILES string of the molecule is CCCCCCCCC/C=C\CCCCCCCC(=O)OCC(O)COP(=O)(O)OCCNC(=O)CCCCCCCCCCCCCCCCC. The summed E-state index contributed by atoms with van der Waals surface area (Å²) < 4.78 is 26.8. The van der Waals surface area contributed by atoms with Crippen LogP contribution in [0.25, 0.3) is 0 Å². The summed E-state index contributed by atoms with van der Waals surface area (Å²) >= 11 is 0. The third-order valence-electron chi connectivity index (χ3n) is 9.45. The second-order valence-corrected chi connectivity index (χ2v) is 16.1. The summed E-state index contributed by atoms with van der Waals surface area (Å²) in [5.74, 6) is -0.517. The molecular weight excluding hydrogens is 677 g/mol. The van der Waals surface area contributed by atoms with Gasteiger partial charge in [-0.1, -0.05) is 174 Å². The smallest absolute Gasteiger partial charge is 0.463 e. The number of hydrogen-bond donors (Lipinski definition) is 3. The molecule has 0 saturated carbocycles. The average Bonchev–Trinajstić information content (AvgIpc) is 3.13. The molecule has 0 aromatic carbocycles. The Morgan fingerprint density at radius 2 is 0.981 bits per heavy atom. The van der Waals surface area contributed by atoms with Crippen LogP contribution in [0.5, 0.6) is 0 Å². The van der Waals surface area contributed by atoms with E-state index in [1.807, 2.05) is 0 Å². The highest BCUT2D eigenvalue weighted by Gasteiger charge is 2.23. The van der Waals surface area contributed by atoms with Crippen LogP contribution in [0.4, 0.5) is 0 Å². The molecule has 10 heteroatoms. The Balaban J connectivity index is 3.58. The van der Waals surface area contributed by atoms with Crippen molar-refractivity contribution in [2.75, 3.05) is 26.4 Å². The molecule has 0 aliphatic carbocycles. The van der Waals surface area contributed by atoms with E-state index in [1.54, 1.807) is 0 Å². The number of hydrogen-bond acceptors (Lipinski definition) is 7. The minimum Gasteiger partial charge on any atom is -0.463 e. The minimum absolute atomic E-state index is 0.0854. The largest absolute Gasteiger partial charge is 0.472 e. The molecular formula is C42H82NO8P. The summed E-state index contributed by atoms with van der Waals surface area (Å²) in [5, 5.41) is 12.7. The summed E-state index contributed by atoms with van der Waals surface area (Å²) in [4.78, 5) is 33.9. The molecule has 0 fully saturated rings. The molecule has 9 nitrogen and oxygen atoms in total. The standard InChI is InChI=1S/C42H82NO8P/c1-3-5-7-9-11-13-15-17-19-21-23-25-27-29-31-33-35-42(46)49-38-40(44)39-51-52(47,48)50-37-36-43-41(45)34-32-30-28-26-24-22-20-18-16-14-12-10-8-6-4-2/h19,21,40,44H,3-18,20,22-39H2,1-2H3,(H,43,45)(H,47,48)/b21-19-. The molecule has 0 aromatic heterocycles. The van der Waals surface area contributed by atoms with Crippen LogP contribution in [0.2, 0.25) is 0 Å². The van der Waals surface area contributed by atoms with Crippen LogP contribution in [0, 0.1) is 0 Å². The zero-order chi connectivity index (χ0) is 38.2. The third kappa shape index (κ3) is 39.9. The summed E-state index contributed by atoms with van der Waals surface area (Å²) in [7, 11) is -4.41. The van der Waals surface area contributed by atoms with Gasteiger partial charge in [-0.2, -0.15) is 0 Å². The van der Waals surface area contributed by atoms with Gasteiger partial charge in [-0.3, -0.25) is 18.6 Å². The Kier molecular flexibility index (Phi) is 38.5. The predicted molar refractivity (Wildman–Crippen MR) is 215 cm³/mol. The molecule has 0 saturated heterocycles. The molecule has 3 N–H and O–H groups in total. The lowest BCUT2D eigenvalue weighted by Crippen LogP contribution is -2.27. The zero-order valence-electron chi connectivity index (χ0n) is 33.8. The van der Waals surface area contributed by atoms with Crippen molar-refractivity contribution in [2.45, 2.75) is 219 Å². The predicted octanol–water partition coefficient (Wildman–Crippen LogP) is 11.8. The van der Waals surface area contributed by atoms with Gasteiger partial charge in [0.25, 0.3) is 0 Å². The maximum atomic E-state index is 12.1. The Hall–Kier alpha value is -1.25. The molecule has 0 bridgehead atoms. The van der Waals surface area contributed by atoms with E-state index >= 15 is 0 Å². The van der Waals surface area contributed by atoms with Crippen LogP contribution in [-0.4, -0.2) is 54.3 Å². The minimum atomic E-state index is -4.41. The van der Waals surface area contributed by atoms with E-state index in [9.17, 15) is 24.2 Å². The number of nitrogens with one attached hydrogen (secondary N) is 1. The first-order valence-electron chi connectivity index (χ1n) is 21.7. The first kappa shape index (κ1) is 50.8. The lowest BCUT2D eigenvalue weighted by Gasteiger charge is -2.15. The fraction of sp³-hybridized carbons (Fsp3) is 0.905. The van der Waals surface area contributed by atoms with Crippen LogP contribution in [0.15, 0.2) is 12.2 Å². The van der Waals surface area contributed by atoms with Crippen molar-refractivity contribution < 1.29 is 37.9 Å². The van der Waals surface area contributed by atoms with E-state index in [4.69, 9.17) is 13.8 Å². The fourth-order valence-corrected chi connectivity index (χ4v) is 6.90. The molecule has 0 rings (SSSR count). The van der Waals surface area contributed by atoms with Gasteiger partial charge in [0.05, 0.1) is 13.2 Å². The summed E-state index contributed by atoms with van der Waals surface area (Å²) in [6, 6.07) is 0. The molecule has 308 valence electrons. The molecule has 0 radical (unpaired) electrons. The van der Waals surface area contributed by atoms with E-state index < -0.39 is 26.5 Å². The van der Waals surface area contributed by atoms with Crippen molar-refractivity contribution in [3.63, 3.8) is 0 Å². The van der Waals surface area contributed by atoms with Crippen LogP contribution in [0.1, 0.15) is 213 Å². The van der Waals surface area contributed by atoms with Gasteiger partial charge >= 0.3 is 13.8 Å². The summed E-state index contributed by atoms with van der Waals surface area (Å²) in [6.45, 7) is 3.57. The van der Waals surface area contributed by atoms with Gasteiger partial charge in [0, 0.05) is 19.4 Å². The number of aliphatic hydroxyl groups is 1. The van der Waals surface area contributed by atoms with Crippen molar-refractivity contribution in [3.05, 3.63) is 12.2 Å². The zero-order valence-corrected chi connectivity index (χ0v) is 34.7. The maximum Gasteiger partial charge on any atom is 0.472 e. The number of allylic oxidation sites excluding steroid dienone is 2. The summed E-state index contributed by atoms with van der Waals surface area (Å²) in [5.41, 5.74) is 0. The number of ether oxygens (including phenoxy) is 1. The van der Waals surface area contributed by atoms with Gasteiger partial charge < -0.3 is 20.1 Å². The normalized spacial score (nSPS) is 13.4. The molecule has 0 heterocycles. The Morgan fingerprint density at radius 3 is 1.44 bits per heavy atom. The second kappa shape index (κ2) is 39.4. The van der Waals surface area contributed by atoms with Gasteiger partial charge in [0.1, 0.15) is 12.7 Å². The van der Waals surface area contributed by atoms with Crippen LogP contribution in [0.3, 0.4) is 0 Å². The van der Waals surface area contributed by atoms with Gasteiger partial charge in [-0.25, -0.2) is 4.57 Å². The topological polar surface area (TPSA) is 131 Å². The Morgan fingerprint density at radius 1 is 0.577 bits per heavy atom.